The van der Waals surface area contributed by atoms with Gasteiger partial charge in [-0.15, -0.1) is 0 Å². The third kappa shape index (κ3) is 1.60. The van der Waals surface area contributed by atoms with E-state index >= 15 is 0 Å². The summed E-state index contributed by atoms with van der Waals surface area (Å²) in [5, 5.41) is 0. The van der Waals surface area contributed by atoms with E-state index < -0.39 is 0 Å². The number of hydrogen-bond acceptors (Lipinski definition) is 0. The fraction of sp³-hybridized carbons (Fsp3) is 0.400. The smallest absolute Gasteiger partial charge is 0.0135 e. The zero-order valence-electron chi connectivity index (χ0n) is 6.61. The van der Waals surface area contributed by atoms with Gasteiger partial charge in [-0.1, -0.05) is 30.4 Å². The maximum atomic E-state index is 3.93. The zero-order valence-corrected chi connectivity index (χ0v) is 6.61. The van der Waals surface area contributed by atoms with Crippen molar-refractivity contribution in [3.63, 3.8) is 0 Å². The van der Waals surface area contributed by atoms with E-state index in [4.69, 9.17) is 0 Å². The molecule has 0 atom stereocenters. The molecule has 54 valence electrons. The lowest BCUT2D eigenvalue weighted by Crippen LogP contribution is -1.94. The quantitative estimate of drug-likeness (QED) is 0.483. The molecule has 0 nitrogen and oxygen atoms in total. The molecule has 1 aliphatic carbocycles. The fourth-order valence-corrected chi connectivity index (χ4v) is 1.17. The highest BCUT2D eigenvalue weighted by atomic mass is 14.1. The van der Waals surface area contributed by atoms with Crippen LogP contribution in [0.2, 0.25) is 0 Å². The van der Waals surface area contributed by atoms with E-state index in [1.165, 1.54) is 16.7 Å². The first-order valence-corrected chi connectivity index (χ1v) is 3.71. The average molecular weight is 134 g/mol. The zero-order chi connectivity index (χ0) is 7.56. The van der Waals surface area contributed by atoms with Crippen LogP contribution in [0.4, 0.5) is 0 Å². The highest BCUT2D eigenvalue weighted by molar-refractivity contribution is 5.31. The van der Waals surface area contributed by atoms with Gasteiger partial charge in [0.25, 0.3) is 0 Å². The lowest BCUT2D eigenvalue weighted by atomic mass is 9.92. The predicted octanol–water partition coefficient (Wildman–Crippen LogP) is 3.23. The van der Waals surface area contributed by atoms with Crippen molar-refractivity contribution in [3.05, 3.63) is 36.0 Å². The molecule has 1 aliphatic rings. The largest absolute Gasteiger partial charge is 0.0995 e. The van der Waals surface area contributed by atoms with Crippen LogP contribution in [0.25, 0.3) is 0 Å². The standard InChI is InChI=1S/C10H14/c1-8(2)10-6-4-9(3)5-7-10/h6H,1,3-5,7H2,2H3. The molecule has 0 heteroatoms. The lowest BCUT2D eigenvalue weighted by Gasteiger charge is -2.13. The minimum absolute atomic E-state index is 1.06. The Morgan fingerprint density at radius 3 is 2.60 bits per heavy atom. The Balaban J connectivity index is 2.65. The summed E-state index contributed by atoms with van der Waals surface area (Å²) in [6.45, 7) is 9.91. The van der Waals surface area contributed by atoms with Crippen LogP contribution in [-0.4, -0.2) is 0 Å². The highest BCUT2D eigenvalue weighted by Gasteiger charge is 2.05. The molecule has 0 aliphatic heterocycles. The van der Waals surface area contributed by atoms with Gasteiger partial charge in [-0.3, -0.25) is 0 Å². The van der Waals surface area contributed by atoms with Crippen LogP contribution in [0.5, 0.6) is 0 Å². The van der Waals surface area contributed by atoms with E-state index in [-0.39, 0.29) is 0 Å². The number of rotatable bonds is 1. The van der Waals surface area contributed by atoms with E-state index in [0.717, 1.165) is 19.3 Å². The predicted molar refractivity (Wildman–Crippen MR) is 45.9 cm³/mol. The van der Waals surface area contributed by atoms with Crippen LogP contribution >= 0.6 is 0 Å². The Morgan fingerprint density at radius 2 is 2.20 bits per heavy atom. The molecule has 0 saturated carbocycles. The van der Waals surface area contributed by atoms with Crippen molar-refractivity contribution in [2.75, 3.05) is 0 Å². The molecule has 0 heterocycles. The van der Waals surface area contributed by atoms with Crippen LogP contribution < -0.4 is 0 Å². The molecule has 0 aromatic heterocycles. The van der Waals surface area contributed by atoms with Gasteiger partial charge < -0.3 is 0 Å². The molecule has 0 unspecified atom stereocenters. The second-order valence-corrected chi connectivity index (χ2v) is 2.96. The topological polar surface area (TPSA) is 0 Å². The summed E-state index contributed by atoms with van der Waals surface area (Å²) < 4.78 is 0. The molecular weight excluding hydrogens is 120 g/mol. The third-order valence-electron chi connectivity index (χ3n) is 1.93. The minimum atomic E-state index is 1.06. The summed E-state index contributed by atoms with van der Waals surface area (Å²) >= 11 is 0. The van der Waals surface area contributed by atoms with Crippen molar-refractivity contribution in [2.24, 2.45) is 0 Å². The first-order valence-electron chi connectivity index (χ1n) is 3.71. The third-order valence-corrected chi connectivity index (χ3v) is 1.93. The van der Waals surface area contributed by atoms with Crippen LogP contribution in [0.1, 0.15) is 26.2 Å². The molecule has 0 aromatic rings. The second kappa shape index (κ2) is 2.87. The molecule has 0 radical (unpaired) electrons. The van der Waals surface area contributed by atoms with Crippen LogP contribution in [0.3, 0.4) is 0 Å². The maximum absolute atomic E-state index is 3.93. The SMILES string of the molecule is C=C1CC=C(C(=C)C)CC1. The Morgan fingerprint density at radius 1 is 1.50 bits per heavy atom. The second-order valence-electron chi connectivity index (χ2n) is 2.96. The monoisotopic (exact) mass is 134 g/mol. The van der Waals surface area contributed by atoms with Gasteiger partial charge in [0.1, 0.15) is 0 Å². The summed E-state index contributed by atoms with van der Waals surface area (Å²) in [4.78, 5) is 0. The van der Waals surface area contributed by atoms with E-state index in [9.17, 15) is 0 Å². The molecule has 10 heavy (non-hydrogen) atoms. The first-order chi connectivity index (χ1) is 4.70. The molecule has 0 spiro atoms. The Labute approximate surface area is 62.9 Å². The number of allylic oxidation sites excluding steroid dienone is 4. The molecule has 0 bridgehead atoms. The van der Waals surface area contributed by atoms with Gasteiger partial charge in [-0.05, 0) is 31.8 Å². The number of hydrogen-bond donors (Lipinski definition) is 0. The fourth-order valence-electron chi connectivity index (χ4n) is 1.17. The van der Waals surface area contributed by atoms with Crippen LogP contribution in [0.15, 0.2) is 36.0 Å². The molecule has 0 aromatic carbocycles. The molecule has 0 amide bonds. The van der Waals surface area contributed by atoms with Gasteiger partial charge in [0, 0.05) is 0 Å². The molecular formula is C10H14. The van der Waals surface area contributed by atoms with Gasteiger partial charge >= 0.3 is 0 Å². The summed E-state index contributed by atoms with van der Waals surface area (Å²) in [6.07, 6.45) is 5.60. The summed E-state index contributed by atoms with van der Waals surface area (Å²) in [5.41, 5.74) is 3.99. The first kappa shape index (κ1) is 7.33. The van der Waals surface area contributed by atoms with E-state index in [1.54, 1.807) is 0 Å². The molecule has 1 rings (SSSR count). The van der Waals surface area contributed by atoms with Gasteiger partial charge in [0.2, 0.25) is 0 Å². The minimum Gasteiger partial charge on any atom is -0.0995 e. The van der Waals surface area contributed by atoms with Gasteiger partial charge in [0.15, 0.2) is 0 Å². The van der Waals surface area contributed by atoms with E-state index in [0.29, 0.717) is 0 Å². The lowest BCUT2D eigenvalue weighted by molar-refractivity contribution is 0.861. The van der Waals surface area contributed by atoms with Gasteiger partial charge in [-0.25, -0.2) is 0 Å². The summed E-state index contributed by atoms with van der Waals surface area (Å²) in [5.74, 6) is 0. The molecule has 0 fully saturated rings. The van der Waals surface area contributed by atoms with Crippen molar-refractivity contribution < 1.29 is 0 Å². The van der Waals surface area contributed by atoms with Crippen LogP contribution in [0, 0.1) is 0 Å². The van der Waals surface area contributed by atoms with Gasteiger partial charge in [0.05, 0.1) is 0 Å². The van der Waals surface area contributed by atoms with Crippen molar-refractivity contribution in [2.45, 2.75) is 26.2 Å². The average Bonchev–Trinajstić information content (AvgIpc) is 1.88. The maximum Gasteiger partial charge on any atom is -0.0135 e. The van der Waals surface area contributed by atoms with Gasteiger partial charge in [-0.2, -0.15) is 0 Å². The molecule has 0 N–H and O–H groups in total. The normalized spacial score (nSPS) is 18.5. The van der Waals surface area contributed by atoms with E-state index in [2.05, 4.69) is 26.2 Å². The highest BCUT2D eigenvalue weighted by Crippen LogP contribution is 2.24. The van der Waals surface area contributed by atoms with Crippen molar-refractivity contribution in [1.29, 1.82) is 0 Å². The molecule has 0 saturated heterocycles. The Kier molecular flexibility index (Phi) is 2.10. The summed E-state index contributed by atoms with van der Waals surface area (Å²) in [7, 11) is 0. The van der Waals surface area contributed by atoms with Crippen molar-refractivity contribution >= 4 is 0 Å². The Bertz CT molecular complexity index is 194. The van der Waals surface area contributed by atoms with Crippen LogP contribution in [-0.2, 0) is 0 Å². The van der Waals surface area contributed by atoms with Crippen molar-refractivity contribution in [1.82, 2.24) is 0 Å². The summed E-state index contributed by atoms with van der Waals surface area (Å²) in [6, 6.07) is 0. The van der Waals surface area contributed by atoms with E-state index in [1.807, 2.05) is 0 Å². The van der Waals surface area contributed by atoms with Crippen molar-refractivity contribution in [3.8, 4) is 0 Å². The Hall–Kier alpha value is -0.780.